The highest BCUT2D eigenvalue weighted by molar-refractivity contribution is 6.35. The highest BCUT2D eigenvalue weighted by Crippen LogP contribution is 2.32. The number of aliphatic hydroxyl groups is 1. The topological polar surface area (TPSA) is 96.9 Å². The van der Waals surface area contributed by atoms with Crippen LogP contribution in [0.2, 0.25) is 0 Å². The third-order valence-electron chi connectivity index (χ3n) is 4.18. The quantitative estimate of drug-likeness (QED) is 0.655. The van der Waals surface area contributed by atoms with Crippen LogP contribution in [0.25, 0.3) is 0 Å². The number of ether oxygens (including phenoxy) is 2. The molecule has 1 aliphatic heterocycles. The van der Waals surface area contributed by atoms with Gasteiger partial charge in [-0.3, -0.25) is 9.59 Å². The second-order valence-electron chi connectivity index (χ2n) is 6.22. The molecule has 0 saturated heterocycles. The van der Waals surface area contributed by atoms with Crippen LogP contribution in [0.3, 0.4) is 0 Å². The third-order valence-corrected chi connectivity index (χ3v) is 4.18. The minimum atomic E-state index is -4.48. The molecule has 10 heteroatoms. The molecule has 1 heterocycles. The number of nitrogens with one attached hydrogen (secondary N) is 2. The van der Waals surface area contributed by atoms with Gasteiger partial charge in [0.15, 0.2) is 11.5 Å². The van der Waals surface area contributed by atoms with Crippen molar-refractivity contribution >= 4 is 11.8 Å². The van der Waals surface area contributed by atoms with Gasteiger partial charge in [0.1, 0.15) is 0 Å². The van der Waals surface area contributed by atoms with Crippen LogP contribution >= 0.6 is 0 Å². The molecule has 1 aliphatic rings. The van der Waals surface area contributed by atoms with Crippen molar-refractivity contribution in [2.24, 2.45) is 0 Å². The maximum Gasteiger partial charge on any atom is 0.416 e. The molecule has 0 aromatic heterocycles. The second kappa shape index (κ2) is 8.39. The van der Waals surface area contributed by atoms with E-state index in [1.807, 2.05) is 0 Å². The van der Waals surface area contributed by atoms with E-state index in [0.717, 1.165) is 24.3 Å². The lowest BCUT2D eigenvalue weighted by molar-refractivity contribution is -0.139. The van der Waals surface area contributed by atoms with Crippen molar-refractivity contribution < 1.29 is 37.3 Å². The number of halogens is 3. The Hall–Kier alpha value is -3.27. The molecule has 2 aromatic rings. The van der Waals surface area contributed by atoms with Crippen molar-refractivity contribution in [3.8, 4) is 11.5 Å². The lowest BCUT2D eigenvalue weighted by Crippen LogP contribution is -2.41. The Labute approximate surface area is 163 Å². The van der Waals surface area contributed by atoms with Crippen LogP contribution in [0.1, 0.15) is 22.8 Å². The fourth-order valence-corrected chi connectivity index (χ4v) is 2.60. The van der Waals surface area contributed by atoms with E-state index in [9.17, 15) is 27.9 Å². The molecule has 154 valence electrons. The molecular weight excluding hydrogens is 393 g/mol. The molecule has 29 heavy (non-hydrogen) atoms. The van der Waals surface area contributed by atoms with Crippen molar-refractivity contribution in [1.29, 1.82) is 0 Å². The van der Waals surface area contributed by atoms with Crippen LogP contribution in [0, 0.1) is 0 Å². The Morgan fingerprint density at radius 1 is 1.00 bits per heavy atom. The number of aliphatic hydroxyl groups excluding tert-OH is 1. The number of hydrogen-bond donors (Lipinski definition) is 3. The number of fused-ring (bicyclic) bond motifs is 1. The van der Waals surface area contributed by atoms with Gasteiger partial charge in [-0.1, -0.05) is 18.2 Å². The van der Waals surface area contributed by atoms with Gasteiger partial charge in [-0.15, -0.1) is 0 Å². The number of rotatable bonds is 5. The first-order valence-electron chi connectivity index (χ1n) is 8.54. The molecule has 2 aromatic carbocycles. The Morgan fingerprint density at radius 3 is 2.34 bits per heavy atom. The van der Waals surface area contributed by atoms with E-state index in [1.165, 1.54) is 0 Å². The van der Waals surface area contributed by atoms with Crippen molar-refractivity contribution in [2.45, 2.75) is 18.8 Å². The minimum absolute atomic E-state index is 0.0738. The molecule has 0 spiro atoms. The molecule has 7 nitrogen and oxygen atoms in total. The van der Waals surface area contributed by atoms with E-state index in [0.29, 0.717) is 17.1 Å². The smallest absolute Gasteiger partial charge is 0.416 e. The molecular formula is C19H17F3N2O5. The predicted molar refractivity (Wildman–Crippen MR) is 93.8 cm³/mol. The number of amides is 2. The second-order valence-corrected chi connectivity index (χ2v) is 6.22. The molecule has 0 bridgehead atoms. The van der Waals surface area contributed by atoms with Gasteiger partial charge in [-0.05, 0) is 35.4 Å². The molecule has 0 saturated carbocycles. The average Bonchev–Trinajstić information content (AvgIpc) is 3.17. The Kier molecular flexibility index (Phi) is 5.92. The zero-order chi connectivity index (χ0) is 21.0. The Morgan fingerprint density at radius 2 is 1.66 bits per heavy atom. The van der Waals surface area contributed by atoms with Gasteiger partial charge in [0, 0.05) is 13.1 Å². The maximum atomic E-state index is 12.5. The first-order valence-corrected chi connectivity index (χ1v) is 8.54. The third kappa shape index (κ3) is 5.17. The van der Waals surface area contributed by atoms with E-state index >= 15 is 0 Å². The van der Waals surface area contributed by atoms with Crippen LogP contribution in [0.5, 0.6) is 11.5 Å². The van der Waals surface area contributed by atoms with Gasteiger partial charge in [0.2, 0.25) is 6.79 Å². The molecule has 3 N–H and O–H groups in total. The van der Waals surface area contributed by atoms with Gasteiger partial charge in [-0.25, -0.2) is 0 Å². The summed E-state index contributed by atoms with van der Waals surface area (Å²) in [6.45, 7) is -0.138. The fraction of sp³-hybridized carbons (Fsp3) is 0.263. The summed E-state index contributed by atoms with van der Waals surface area (Å²) in [5.41, 5.74) is 0.0274. The van der Waals surface area contributed by atoms with Gasteiger partial charge in [-0.2, -0.15) is 13.2 Å². The number of benzene rings is 2. The van der Waals surface area contributed by atoms with Crippen LogP contribution in [0.4, 0.5) is 13.2 Å². The molecule has 0 fully saturated rings. The minimum Gasteiger partial charge on any atom is -0.454 e. The summed E-state index contributed by atoms with van der Waals surface area (Å²) < 4.78 is 48.0. The predicted octanol–water partition coefficient (Wildman–Crippen LogP) is 1.90. The highest BCUT2D eigenvalue weighted by atomic mass is 19.4. The summed E-state index contributed by atoms with van der Waals surface area (Å²) in [6.07, 6.45) is -5.74. The average molecular weight is 410 g/mol. The molecule has 1 atom stereocenters. The number of carbonyl (C=O) groups is 2. The van der Waals surface area contributed by atoms with Crippen LogP contribution in [0.15, 0.2) is 42.5 Å². The zero-order valence-corrected chi connectivity index (χ0v) is 15.0. The first-order chi connectivity index (χ1) is 13.7. The summed E-state index contributed by atoms with van der Waals surface area (Å²) in [6, 6.07) is 8.95. The summed E-state index contributed by atoms with van der Waals surface area (Å²) in [5.74, 6) is -0.755. The van der Waals surface area contributed by atoms with Gasteiger partial charge >= 0.3 is 18.0 Å². The summed E-state index contributed by atoms with van der Waals surface area (Å²) >= 11 is 0. The molecule has 0 radical (unpaired) electrons. The Bertz CT molecular complexity index is 900. The largest absolute Gasteiger partial charge is 0.454 e. The summed E-state index contributed by atoms with van der Waals surface area (Å²) in [7, 11) is 0. The fourth-order valence-electron chi connectivity index (χ4n) is 2.60. The van der Waals surface area contributed by atoms with Crippen LogP contribution < -0.4 is 20.1 Å². The number of alkyl halides is 3. The molecule has 2 amide bonds. The van der Waals surface area contributed by atoms with Crippen molar-refractivity contribution in [3.63, 3.8) is 0 Å². The van der Waals surface area contributed by atoms with Crippen molar-refractivity contribution in [1.82, 2.24) is 10.6 Å². The monoisotopic (exact) mass is 410 g/mol. The van der Waals surface area contributed by atoms with Crippen molar-refractivity contribution in [2.75, 3.05) is 13.3 Å². The van der Waals surface area contributed by atoms with Crippen LogP contribution in [-0.4, -0.2) is 30.3 Å². The van der Waals surface area contributed by atoms with E-state index < -0.39 is 29.7 Å². The van der Waals surface area contributed by atoms with Crippen molar-refractivity contribution in [3.05, 3.63) is 59.2 Å². The summed E-state index contributed by atoms with van der Waals surface area (Å²) in [4.78, 5) is 23.7. The first kappa shape index (κ1) is 20.5. The van der Waals surface area contributed by atoms with E-state index in [-0.39, 0.29) is 25.4 Å². The lowest BCUT2D eigenvalue weighted by Gasteiger charge is -2.13. The standard InChI is InChI=1S/C19H17F3N2O5/c20-19(21,22)13-4-2-12(3-5-13)14(25)9-24-18(27)17(26)23-8-11-1-6-15-16(7-11)29-10-28-15/h1-7,14,25H,8-10H2,(H,23,26)(H,24,27). The molecule has 0 aliphatic carbocycles. The molecule has 1 unspecified atom stereocenters. The van der Waals surface area contributed by atoms with Gasteiger partial charge < -0.3 is 25.2 Å². The van der Waals surface area contributed by atoms with E-state index in [4.69, 9.17) is 9.47 Å². The zero-order valence-electron chi connectivity index (χ0n) is 15.0. The highest BCUT2D eigenvalue weighted by Gasteiger charge is 2.30. The van der Waals surface area contributed by atoms with Crippen LogP contribution in [-0.2, 0) is 22.3 Å². The Balaban J connectivity index is 1.46. The molecule has 3 rings (SSSR count). The maximum absolute atomic E-state index is 12.5. The summed E-state index contributed by atoms with van der Waals surface area (Å²) in [5, 5.41) is 14.6. The van der Waals surface area contributed by atoms with E-state index in [2.05, 4.69) is 10.6 Å². The lowest BCUT2D eigenvalue weighted by atomic mass is 10.1. The van der Waals surface area contributed by atoms with Gasteiger partial charge in [0.05, 0.1) is 11.7 Å². The number of hydrogen-bond acceptors (Lipinski definition) is 5. The number of carbonyl (C=O) groups excluding carboxylic acids is 2. The SMILES string of the molecule is O=C(NCc1ccc2c(c1)OCO2)C(=O)NCC(O)c1ccc(C(F)(F)F)cc1. The normalized spacial score (nSPS) is 13.7. The van der Waals surface area contributed by atoms with Gasteiger partial charge in [0.25, 0.3) is 0 Å². The van der Waals surface area contributed by atoms with E-state index in [1.54, 1.807) is 18.2 Å².